The van der Waals surface area contributed by atoms with Crippen molar-refractivity contribution in [3.63, 3.8) is 0 Å². The van der Waals surface area contributed by atoms with Gasteiger partial charge in [-0.25, -0.2) is 4.98 Å². The smallest absolute Gasteiger partial charge is 0.280 e. The van der Waals surface area contributed by atoms with Gasteiger partial charge in [0.05, 0.1) is 19.5 Å². The Bertz CT molecular complexity index is 766. The van der Waals surface area contributed by atoms with E-state index in [0.717, 1.165) is 0 Å². The van der Waals surface area contributed by atoms with Crippen LogP contribution in [0.1, 0.15) is 6.23 Å². The summed E-state index contributed by atoms with van der Waals surface area (Å²) in [6.07, 6.45) is 0.0481. The molecule has 3 atom stereocenters. The molecule has 2 aliphatic rings. The van der Waals surface area contributed by atoms with Gasteiger partial charge in [0.1, 0.15) is 17.8 Å². The third-order valence-corrected chi connectivity index (χ3v) is 3.94. The number of ether oxygens (including phenoxy) is 2. The number of rotatable bonds is 3. The van der Waals surface area contributed by atoms with E-state index in [9.17, 15) is 15.0 Å². The maximum absolute atomic E-state index is 11.8. The van der Waals surface area contributed by atoms with Gasteiger partial charge in [-0.1, -0.05) is 0 Å². The Labute approximate surface area is 117 Å². The highest BCUT2D eigenvalue weighted by atomic mass is 16.7. The molecule has 0 bridgehead atoms. The second kappa shape index (κ2) is 4.01. The molecule has 2 saturated heterocycles. The molecule has 0 saturated carbocycles. The number of H-pyrrole nitrogens is 1. The Morgan fingerprint density at radius 1 is 1.48 bits per heavy atom. The summed E-state index contributed by atoms with van der Waals surface area (Å²) >= 11 is 0. The average molecular weight is 295 g/mol. The highest BCUT2D eigenvalue weighted by molar-refractivity contribution is 5.70. The molecular weight excluding hydrogens is 282 g/mol. The van der Waals surface area contributed by atoms with E-state index in [1.807, 2.05) is 0 Å². The zero-order valence-corrected chi connectivity index (χ0v) is 10.8. The number of anilines is 1. The van der Waals surface area contributed by atoms with E-state index in [4.69, 9.17) is 15.2 Å². The van der Waals surface area contributed by atoms with Crippen LogP contribution in [0.2, 0.25) is 0 Å². The Morgan fingerprint density at radius 2 is 2.24 bits per heavy atom. The van der Waals surface area contributed by atoms with Gasteiger partial charge in [0.25, 0.3) is 5.56 Å². The predicted octanol–water partition coefficient (Wildman–Crippen LogP) is -2.28. The molecule has 0 radical (unpaired) electrons. The van der Waals surface area contributed by atoms with Crippen molar-refractivity contribution in [3.05, 3.63) is 16.7 Å². The number of epoxide rings is 1. The summed E-state index contributed by atoms with van der Waals surface area (Å²) in [5.41, 5.74) is 4.34. The number of nitrogens with one attached hydrogen (secondary N) is 1. The average Bonchev–Trinajstić information content (AvgIpc) is 3.04. The first-order chi connectivity index (χ1) is 10.1. The number of hydrogen-bond acceptors (Lipinski definition) is 8. The fraction of sp³-hybridized carbons (Fsp3) is 0.545. The minimum absolute atomic E-state index is 0.0314. The number of nitrogens with two attached hydrogens (primary N) is 1. The standard InChI is InChI=1S/C11H13N5O5/c12-10-14-7-4(8(19)15-10)13-3-16(7)9-5-6(20-5)11(1-17,2-18)21-9/h3,5-6,9,17-18H,1-2H2,(H3,12,14,15,19)/t5-,6+,9+/m0/s1. The summed E-state index contributed by atoms with van der Waals surface area (Å²) in [5, 5.41) is 18.9. The minimum atomic E-state index is -1.15. The van der Waals surface area contributed by atoms with Gasteiger partial charge in [-0.3, -0.25) is 14.3 Å². The van der Waals surface area contributed by atoms with E-state index in [2.05, 4.69) is 15.0 Å². The van der Waals surface area contributed by atoms with Crippen LogP contribution in [0.4, 0.5) is 5.95 Å². The Kier molecular flexibility index (Phi) is 2.43. The van der Waals surface area contributed by atoms with E-state index in [1.165, 1.54) is 10.9 Å². The van der Waals surface area contributed by atoms with Crippen molar-refractivity contribution in [2.24, 2.45) is 0 Å². The zero-order chi connectivity index (χ0) is 14.8. The molecule has 2 fully saturated rings. The lowest BCUT2D eigenvalue weighted by Crippen LogP contribution is -2.43. The molecule has 2 aromatic heterocycles. The molecule has 0 amide bonds. The van der Waals surface area contributed by atoms with Crippen LogP contribution in [-0.2, 0) is 9.47 Å². The molecular formula is C11H13N5O5. The fourth-order valence-corrected chi connectivity index (χ4v) is 2.79. The highest BCUT2D eigenvalue weighted by Crippen LogP contribution is 2.50. The molecule has 0 unspecified atom stereocenters. The van der Waals surface area contributed by atoms with Gasteiger partial charge in [-0.05, 0) is 0 Å². The lowest BCUT2D eigenvalue weighted by molar-refractivity contribution is -0.168. The van der Waals surface area contributed by atoms with Crippen LogP contribution in [0.25, 0.3) is 11.2 Å². The van der Waals surface area contributed by atoms with Crippen LogP contribution in [0, 0.1) is 0 Å². The van der Waals surface area contributed by atoms with Crippen molar-refractivity contribution in [1.82, 2.24) is 19.5 Å². The summed E-state index contributed by atoms with van der Waals surface area (Å²) in [4.78, 5) is 22.2. The SMILES string of the molecule is Nc1nc2c(ncn2[C@@H]2OC(CO)(CO)[C@@H]3O[C@H]23)c(=O)[nH]1. The number of imidazole rings is 1. The second-order valence-electron chi connectivity index (χ2n) is 5.19. The lowest BCUT2D eigenvalue weighted by atomic mass is 10.0. The molecule has 0 aliphatic carbocycles. The van der Waals surface area contributed by atoms with E-state index >= 15 is 0 Å². The van der Waals surface area contributed by atoms with Crippen LogP contribution < -0.4 is 11.3 Å². The fourth-order valence-electron chi connectivity index (χ4n) is 2.79. The van der Waals surface area contributed by atoms with Gasteiger partial charge in [0.15, 0.2) is 17.4 Å². The van der Waals surface area contributed by atoms with Crippen LogP contribution in [0.3, 0.4) is 0 Å². The number of aromatic nitrogens is 4. The largest absolute Gasteiger partial charge is 0.393 e. The van der Waals surface area contributed by atoms with Gasteiger partial charge >= 0.3 is 0 Å². The van der Waals surface area contributed by atoms with Crippen molar-refractivity contribution < 1.29 is 19.7 Å². The summed E-state index contributed by atoms with van der Waals surface area (Å²) in [7, 11) is 0. The number of nitrogen functional groups attached to an aromatic ring is 1. The van der Waals surface area contributed by atoms with Crippen molar-refractivity contribution in [2.75, 3.05) is 18.9 Å². The summed E-state index contributed by atoms with van der Waals surface area (Å²) in [5.74, 6) is -0.0314. The molecule has 21 heavy (non-hydrogen) atoms. The van der Waals surface area contributed by atoms with Crippen LogP contribution in [-0.4, -0.2) is 60.8 Å². The van der Waals surface area contributed by atoms with Crippen molar-refractivity contribution in [3.8, 4) is 0 Å². The Hall–Kier alpha value is -2.01. The summed E-state index contributed by atoms with van der Waals surface area (Å²) in [6, 6.07) is 0. The quantitative estimate of drug-likeness (QED) is 0.462. The maximum Gasteiger partial charge on any atom is 0.280 e. The predicted molar refractivity (Wildman–Crippen MR) is 68.2 cm³/mol. The van der Waals surface area contributed by atoms with E-state index in [1.54, 1.807) is 0 Å². The molecule has 2 aliphatic heterocycles. The third-order valence-electron chi connectivity index (χ3n) is 3.94. The second-order valence-corrected chi connectivity index (χ2v) is 5.19. The van der Waals surface area contributed by atoms with E-state index in [-0.39, 0.29) is 36.4 Å². The van der Waals surface area contributed by atoms with Crippen molar-refractivity contribution >= 4 is 17.1 Å². The van der Waals surface area contributed by atoms with Gasteiger partial charge in [0.2, 0.25) is 5.95 Å². The molecule has 0 aromatic carbocycles. The Morgan fingerprint density at radius 3 is 2.90 bits per heavy atom. The van der Waals surface area contributed by atoms with Gasteiger partial charge in [0, 0.05) is 0 Å². The normalized spacial score (nSPS) is 29.7. The minimum Gasteiger partial charge on any atom is -0.393 e. The topological polar surface area (TPSA) is 152 Å². The highest BCUT2D eigenvalue weighted by Gasteiger charge is 2.67. The van der Waals surface area contributed by atoms with Gasteiger partial charge in [-0.2, -0.15) is 4.98 Å². The maximum atomic E-state index is 11.8. The third kappa shape index (κ3) is 1.58. The van der Waals surface area contributed by atoms with Crippen LogP contribution in [0.5, 0.6) is 0 Å². The van der Waals surface area contributed by atoms with Gasteiger partial charge < -0.3 is 25.4 Å². The Balaban J connectivity index is 1.81. The van der Waals surface area contributed by atoms with E-state index in [0.29, 0.717) is 0 Å². The molecule has 4 rings (SSSR count). The number of fused-ring (bicyclic) bond motifs is 2. The van der Waals surface area contributed by atoms with Crippen LogP contribution in [0.15, 0.2) is 11.1 Å². The first kappa shape index (κ1) is 12.7. The first-order valence-electron chi connectivity index (χ1n) is 6.37. The number of aliphatic hydroxyl groups is 2. The lowest BCUT2D eigenvalue weighted by Gasteiger charge is -2.27. The molecule has 10 nitrogen and oxygen atoms in total. The molecule has 0 spiro atoms. The number of hydrogen-bond donors (Lipinski definition) is 4. The molecule has 5 N–H and O–H groups in total. The molecule has 112 valence electrons. The molecule has 4 heterocycles. The number of aromatic amines is 1. The van der Waals surface area contributed by atoms with Crippen molar-refractivity contribution in [2.45, 2.75) is 24.0 Å². The molecule has 2 aromatic rings. The summed E-state index contributed by atoms with van der Waals surface area (Å²) in [6.45, 7) is -0.742. The zero-order valence-electron chi connectivity index (χ0n) is 10.8. The first-order valence-corrected chi connectivity index (χ1v) is 6.37. The number of nitrogens with zero attached hydrogens (tertiary/aromatic N) is 3. The van der Waals surface area contributed by atoms with Crippen LogP contribution >= 0.6 is 0 Å². The van der Waals surface area contributed by atoms with Crippen molar-refractivity contribution in [1.29, 1.82) is 0 Å². The summed E-state index contributed by atoms with van der Waals surface area (Å²) < 4.78 is 12.7. The van der Waals surface area contributed by atoms with Gasteiger partial charge in [-0.15, -0.1) is 0 Å². The molecule has 10 heteroatoms. The monoisotopic (exact) mass is 295 g/mol. The number of aliphatic hydroxyl groups excluding tert-OH is 2. The van der Waals surface area contributed by atoms with E-state index < -0.39 is 23.5 Å².